The van der Waals surface area contributed by atoms with E-state index in [9.17, 15) is 4.79 Å². The summed E-state index contributed by atoms with van der Waals surface area (Å²) < 4.78 is 2.06. The van der Waals surface area contributed by atoms with E-state index in [4.69, 9.17) is 0 Å². The monoisotopic (exact) mass is 468 g/mol. The van der Waals surface area contributed by atoms with Gasteiger partial charge in [-0.3, -0.25) is 4.79 Å². The highest BCUT2D eigenvalue weighted by atomic mass is 79.9. The van der Waals surface area contributed by atoms with Crippen molar-refractivity contribution in [2.45, 2.75) is 16.5 Å². The molecule has 0 spiro atoms. The van der Waals surface area contributed by atoms with Gasteiger partial charge in [-0.05, 0) is 29.1 Å². The Morgan fingerprint density at radius 1 is 1.04 bits per heavy atom. The molecule has 6 heteroatoms. The van der Waals surface area contributed by atoms with Crippen molar-refractivity contribution < 1.29 is 4.79 Å². The third kappa shape index (κ3) is 4.82. The van der Waals surface area contributed by atoms with E-state index in [1.54, 1.807) is 23.1 Å². The molecule has 0 atom stereocenters. The molecule has 0 saturated heterocycles. The van der Waals surface area contributed by atoms with Gasteiger partial charge in [-0.2, -0.15) is 0 Å². The van der Waals surface area contributed by atoms with Crippen LogP contribution in [0.15, 0.2) is 80.9 Å². The van der Waals surface area contributed by atoms with E-state index < -0.39 is 0 Å². The minimum atomic E-state index is -0.0499. The van der Waals surface area contributed by atoms with Crippen LogP contribution < -0.4 is 5.32 Å². The molecule has 0 radical (unpaired) electrons. The maximum absolute atomic E-state index is 12.5. The average Bonchev–Trinajstić information content (AvgIpc) is 3.15. The van der Waals surface area contributed by atoms with Crippen LogP contribution in [0.3, 0.4) is 0 Å². The number of nitrogens with zero attached hydrogens (tertiary/aromatic N) is 1. The van der Waals surface area contributed by atoms with E-state index in [1.807, 2.05) is 60.0 Å². The van der Waals surface area contributed by atoms with Crippen LogP contribution in [0.4, 0.5) is 5.69 Å². The second-order valence-electron chi connectivity index (χ2n) is 6.27. The largest absolute Gasteiger partial charge is 0.325 e. The summed E-state index contributed by atoms with van der Waals surface area (Å²) in [6.07, 6.45) is 0.276. The van der Waals surface area contributed by atoms with E-state index in [0.29, 0.717) is 0 Å². The zero-order valence-corrected chi connectivity index (χ0v) is 18.1. The Labute approximate surface area is 180 Å². The summed E-state index contributed by atoms with van der Waals surface area (Å²) >= 11 is 6.73. The third-order valence-corrected chi connectivity index (χ3v) is 6.88. The number of rotatable bonds is 6. The van der Waals surface area contributed by atoms with Crippen LogP contribution in [-0.2, 0) is 17.0 Å². The van der Waals surface area contributed by atoms with Crippen molar-refractivity contribution in [3.05, 3.63) is 87.8 Å². The lowest BCUT2D eigenvalue weighted by atomic mass is 10.1. The number of carbonyl (C=O) groups excluding carboxylic acids is 1. The fraction of sp³-hybridized carbons (Fsp3) is 0.0909. The lowest BCUT2D eigenvalue weighted by Gasteiger charge is -2.08. The molecule has 0 saturated carbocycles. The summed E-state index contributed by atoms with van der Waals surface area (Å²) in [5.74, 6) is 0.814. The Kier molecular flexibility index (Phi) is 6.10. The molecule has 3 nitrogen and oxygen atoms in total. The summed E-state index contributed by atoms with van der Waals surface area (Å²) in [7, 11) is 0. The number of hydrogen-bond acceptors (Lipinski definition) is 4. The number of halogens is 1. The van der Waals surface area contributed by atoms with Crippen LogP contribution in [-0.4, -0.2) is 10.9 Å². The number of carbonyl (C=O) groups is 1. The molecule has 0 unspecified atom stereocenters. The number of hydrogen-bond donors (Lipinski definition) is 1. The number of thioether (sulfide) groups is 1. The first-order valence-electron chi connectivity index (χ1n) is 8.77. The van der Waals surface area contributed by atoms with Gasteiger partial charge in [0.25, 0.3) is 0 Å². The molecule has 28 heavy (non-hydrogen) atoms. The van der Waals surface area contributed by atoms with Crippen molar-refractivity contribution >= 4 is 61.4 Å². The van der Waals surface area contributed by atoms with Crippen LogP contribution in [0.1, 0.15) is 11.3 Å². The van der Waals surface area contributed by atoms with Gasteiger partial charge in [0.15, 0.2) is 0 Å². The lowest BCUT2D eigenvalue weighted by molar-refractivity contribution is -0.115. The number of anilines is 1. The van der Waals surface area contributed by atoms with Crippen LogP contribution in [0.25, 0.3) is 10.8 Å². The van der Waals surface area contributed by atoms with Crippen molar-refractivity contribution in [2.75, 3.05) is 5.32 Å². The smallest absolute Gasteiger partial charge is 0.230 e. The quantitative estimate of drug-likeness (QED) is 0.327. The number of thiazole rings is 1. The zero-order chi connectivity index (χ0) is 19.3. The topological polar surface area (TPSA) is 42.0 Å². The number of aromatic nitrogens is 1. The van der Waals surface area contributed by atoms with E-state index in [2.05, 4.69) is 38.4 Å². The molecule has 0 bridgehead atoms. The van der Waals surface area contributed by atoms with Gasteiger partial charge in [0, 0.05) is 26.7 Å². The second kappa shape index (κ2) is 8.90. The second-order valence-corrected chi connectivity index (χ2v) is 9.27. The van der Waals surface area contributed by atoms with Gasteiger partial charge >= 0.3 is 0 Å². The molecule has 4 rings (SSSR count). The molecule has 0 aliphatic rings. The van der Waals surface area contributed by atoms with Crippen LogP contribution in [0.2, 0.25) is 0 Å². The molecule has 0 aliphatic heterocycles. The van der Waals surface area contributed by atoms with Crippen LogP contribution >= 0.6 is 39.0 Å². The van der Waals surface area contributed by atoms with E-state index in [-0.39, 0.29) is 12.3 Å². The Balaban J connectivity index is 1.36. The molecule has 1 aromatic heterocycles. The summed E-state index contributed by atoms with van der Waals surface area (Å²) in [5, 5.41) is 7.14. The Bertz CT molecular complexity index is 1100. The van der Waals surface area contributed by atoms with Crippen molar-refractivity contribution in [2.24, 2.45) is 0 Å². The summed E-state index contributed by atoms with van der Waals surface area (Å²) in [6, 6.07) is 22.3. The molecular weight excluding hydrogens is 452 g/mol. The lowest BCUT2D eigenvalue weighted by Crippen LogP contribution is -2.14. The molecule has 0 aliphatic carbocycles. The average molecular weight is 469 g/mol. The van der Waals surface area contributed by atoms with Gasteiger partial charge in [-0.25, -0.2) is 4.98 Å². The fourth-order valence-corrected chi connectivity index (χ4v) is 4.92. The summed E-state index contributed by atoms with van der Waals surface area (Å²) in [4.78, 5) is 17.1. The van der Waals surface area contributed by atoms with Gasteiger partial charge in [0.2, 0.25) is 5.91 Å². The third-order valence-electron chi connectivity index (χ3n) is 4.21. The van der Waals surface area contributed by atoms with E-state index in [0.717, 1.165) is 36.7 Å². The standard InChI is InChI=1S/C22H17BrN2OS2/c23-17-10-8-15(9-11-17)13-27-22-24-18(14-28-22)12-21(26)25-20-7-3-5-16-4-1-2-6-19(16)20/h1-11,14H,12-13H2,(H,25,26). The molecule has 1 N–H and O–H groups in total. The number of benzene rings is 3. The highest BCUT2D eigenvalue weighted by Crippen LogP contribution is 2.27. The highest BCUT2D eigenvalue weighted by Gasteiger charge is 2.10. The maximum atomic E-state index is 12.5. The predicted molar refractivity (Wildman–Crippen MR) is 122 cm³/mol. The maximum Gasteiger partial charge on any atom is 0.230 e. The van der Waals surface area contributed by atoms with Gasteiger partial charge in [-0.15, -0.1) is 11.3 Å². The molecule has 140 valence electrons. The van der Waals surface area contributed by atoms with Gasteiger partial charge in [-0.1, -0.05) is 76.2 Å². The SMILES string of the molecule is O=C(Cc1csc(SCc2ccc(Br)cc2)n1)Nc1cccc2ccccc12. The summed E-state index contributed by atoms with van der Waals surface area (Å²) in [5.41, 5.74) is 2.89. The van der Waals surface area contributed by atoms with Crippen LogP contribution in [0, 0.1) is 0 Å². The highest BCUT2D eigenvalue weighted by molar-refractivity contribution is 9.10. The normalized spacial score (nSPS) is 10.9. The fourth-order valence-electron chi connectivity index (χ4n) is 2.85. The van der Waals surface area contributed by atoms with Gasteiger partial charge in [0.1, 0.15) is 4.34 Å². The summed E-state index contributed by atoms with van der Waals surface area (Å²) in [6.45, 7) is 0. The number of nitrogens with one attached hydrogen (secondary N) is 1. The van der Waals surface area contributed by atoms with Crippen LogP contribution in [0.5, 0.6) is 0 Å². The van der Waals surface area contributed by atoms with E-state index >= 15 is 0 Å². The molecule has 4 aromatic rings. The molecule has 3 aromatic carbocycles. The van der Waals surface area contributed by atoms with Crippen molar-refractivity contribution in [1.82, 2.24) is 4.98 Å². The minimum absolute atomic E-state index is 0.0499. The van der Waals surface area contributed by atoms with E-state index in [1.165, 1.54) is 5.56 Å². The Morgan fingerprint density at radius 3 is 2.68 bits per heavy atom. The molecule has 0 fully saturated rings. The molecular formula is C22H17BrN2OS2. The zero-order valence-electron chi connectivity index (χ0n) is 14.9. The van der Waals surface area contributed by atoms with Gasteiger partial charge in [0.05, 0.1) is 12.1 Å². The first kappa shape index (κ1) is 19.2. The first-order valence-corrected chi connectivity index (χ1v) is 11.4. The molecule has 1 heterocycles. The van der Waals surface area contributed by atoms with Crippen molar-refractivity contribution in [3.63, 3.8) is 0 Å². The Hall–Kier alpha value is -2.15. The molecule has 1 amide bonds. The first-order chi connectivity index (χ1) is 13.7. The number of fused-ring (bicyclic) bond motifs is 1. The van der Waals surface area contributed by atoms with Gasteiger partial charge < -0.3 is 5.32 Å². The predicted octanol–water partition coefficient (Wildman–Crippen LogP) is 6.53. The minimum Gasteiger partial charge on any atom is -0.325 e. The Morgan fingerprint density at radius 2 is 1.82 bits per heavy atom. The van der Waals surface area contributed by atoms with Crippen molar-refractivity contribution in [1.29, 1.82) is 0 Å². The van der Waals surface area contributed by atoms with Crippen molar-refractivity contribution in [3.8, 4) is 0 Å². The number of amides is 1.